The van der Waals surface area contributed by atoms with Crippen LogP contribution < -0.4 is 4.90 Å². The Bertz CT molecular complexity index is 994. The van der Waals surface area contributed by atoms with Gasteiger partial charge in [0.05, 0.1) is 6.54 Å². The molecule has 0 saturated heterocycles. The van der Waals surface area contributed by atoms with Crippen LogP contribution in [0.25, 0.3) is 11.4 Å². The first-order valence-electron chi connectivity index (χ1n) is 8.44. The molecule has 1 aromatic heterocycles. The summed E-state index contributed by atoms with van der Waals surface area (Å²) in [5.74, 6) is -0.778. The number of rotatable bonds is 6. The minimum absolute atomic E-state index is 0.00521. The van der Waals surface area contributed by atoms with E-state index in [1.165, 1.54) is 41.3 Å². The van der Waals surface area contributed by atoms with Crippen molar-refractivity contribution < 1.29 is 22.4 Å². The van der Waals surface area contributed by atoms with Crippen molar-refractivity contribution in [2.45, 2.75) is 30.3 Å². The molecule has 3 aromatic rings. The quantitative estimate of drug-likeness (QED) is 0.463. The Morgan fingerprint density at radius 3 is 2.66 bits per heavy atom. The van der Waals surface area contributed by atoms with Crippen LogP contribution in [0.4, 0.5) is 23.2 Å². The number of tetrazole rings is 1. The number of amides is 1. The second kappa shape index (κ2) is 8.60. The summed E-state index contributed by atoms with van der Waals surface area (Å²) in [4.78, 5) is 13.8. The zero-order chi connectivity index (χ0) is 21.0. The van der Waals surface area contributed by atoms with E-state index in [-0.39, 0.29) is 47.0 Å². The van der Waals surface area contributed by atoms with Crippen molar-refractivity contribution in [2.24, 2.45) is 0 Å². The van der Waals surface area contributed by atoms with Gasteiger partial charge < -0.3 is 4.90 Å². The van der Waals surface area contributed by atoms with Crippen LogP contribution in [0, 0.1) is 5.82 Å². The normalized spacial score (nSPS) is 11.5. The van der Waals surface area contributed by atoms with Gasteiger partial charge in [-0.2, -0.15) is 18.4 Å². The molecule has 0 radical (unpaired) electrons. The SMILES string of the molecule is CCC(=O)N(Cc1cccc(SC(F)(F)F)c1)c1cc(F)cc(-c2nn[nH]n2)c1. The molecule has 2 aromatic carbocycles. The van der Waals surface area contributed by atoms with E-state index in [1.807, 2.05) is 0 Å². The van der Waals surface area contributed by atoms with Gasteiger partial charge in [-0.1, -0.05) is 19.1 Å². The summed E-state index contributed by atoms with van der Waals surface area (Å²) in [7, 11) is 0. The smallest absolute Gasteiger partial charge is 0.308 e. The summed E-state index contributed by atoms with van der Waals surface area (Å²) < 4.78 is 52.1. The first-order valence-corrected chi connectivity index (χ1v) is 9.26. The zero-order valence-corrected chi connectivity index (χ0v) is 15.9. The summed E-state index contributed by atoms with van der Waals surface area (Å²) in [5, 5.41) is 13.3. The standard InChI is InChI=1S/C18H15F4N5OS/c1-2-16(28)27(10-11-4-3-5-15(6-11)29-18(20,21)22)14-8-12(7-13(19)9-14)17-23-25-26-24-17/h3-9H,2,10H2,1H3,(H,23,24,25,26). The lowest BCUT2D eigenvalue weighted by molar-refractivity contribution is -0.118. The lowest BCUT2D eigenvalue weighted by Crippen LogP contribution is -2.29. The number of benzene rings is 2. The van der Waals surface area contributed by atoms with Crippen molar-refractivity contribution in [3.63, 3.8) is 0 Å². The van der Waals surface area contributed by atoms with Crippen LogP contribution >= 0.6 is 11.8 Å². The Kier molecular flexibility index (Phi) is 6.16. The number of thioether (sulfide) groups is 1. The molecular formula is C18H15F4N5OS. The fourth-order valence-corrected chi connectivity index (χ4v) is 3.31. The van der Waals surface area contributed by atoms with E-state index in [2.05, 4.69) is 20.6 Å². The number of hydrogen-bond acceptors (Lipinski definition) is 5. The van der Waals surface area contributed by atoms with Gasteiger partial charge >= 0.3 is 5.51 Å². The molecule has 3 rings (SSSR count). The van der Waals surface area contributed by atoms with Crippen molar-refractivity contribution in [2.75, 3.05) is 4.90 Å². The Labute approximate surface area is 167 Å². The maximum Gasteiger partial charge on any atom is 0.446 e. The van der Waals surface area contributed by atoms with Gasteiger partial charge in [-0.25, -0.2) is 4.39 Å². The van der Waals surface area contributed by atoms with Crippen molar-refractivity contribution in [1.82, 2.24) is 20.6 Å². The van der Waals surface area contributed by atoms with Gasteiger partial charge in [0, 0.05) is 22.6 Å². The average Bonchev–Trinajstić information content (AvgIpc) is 3.19. The molecule has 29 heavy (non-hydrogen) atoms. The van der Waals surface area contributed by atoms with Crippen LogP contribution in [0.5, 0.6) is 0 Å². The molecule has 6 nitrogen and oxygen atoms in total. The molecule has 0 unspecified atom stereocenters. The van der Waals surface area contributed by atoms with Gasteiger partial charge in [-0.15, -0.1) is 10.2 Å². The van der Waals surface area contributed by atoms with Crippen LogP contribution in [-0.2, 0) is 11.3 Å². The molecule has 0 spiro atoms. The molecule has 1 N–H and O–H groups in total. The third-order valence-corrected chi connectivity index (χ3v) is 4.60. The molecular weight excluding hydrogens is 410 g/mol. The van der Waals surface area contributed by atoms with Crippen LogP contribution in [0.3, 0.4) is 0 Å². The van der Waals surface area contributed by atoms with E-state index >= 15 is 0 Å². The van der Waals surface area contributed by atoms with E-state index in [0.717, 1.165) is 0 Å². The predicted octanol–water partition coefficient (Wildman–Crippen LogP) is 4.56. The first-order chi connectivity index (χ1) is 13.7. The number of anilines is 1. The Balaban J connectivity index is 1.94. The number of nitrogens with zero attached hydrogens (tertiary/aromatic N) is 4. The maximum atomic E-state index is 14.2. The Morgan fingerprint density at radius 1 is 1.21 bits per heavy atom. The number of alkyl halides is 3. The fraction of sp³-hybridized carbons (Fsp3) is 0.222. The molecule has 0 fully saturated rings. The summed E-state index contributed by atoms with van der Waals surface area (Å²) in [6.45, 7) is 1.62. The van der Waals surface area contributed by atoms with E-state index in [1.54, 1.807) is 13.0 Å². The van der Waals surface area contributed by atoms with Gasteiger partial charge in [0.25, 0.3) is 0 Å². The molecule has 0 aliphatic rings. The molecule has 0 aliphatic heterocycles. The molecule has 0 bridgehead atoms. The second-order valence-electron chi connectivity index (χ2n) is 5.96. The van der Waals surface area contributed by atoms with Crippen LogP contribution in [0.15, 0.2) is 47.4 Å². The molecule has 1 heterocycles. The molecule has 152 valence electrons. The van der Waals surface area contributed by atoms with Gasteiger partial charge in [0.15, 0.2) is 0 Å². The number of carbonyl (C=O) groups excluding carboxylic acids is 1. The second-order valence-corrected chi connectivity index (χ2v) is 7.10. The molecule has 11 heteroatoms. The monoisotopic (exact) mass is 425 g/mol. The highest BCUT2D eigenvalue weighted by molar-refractivity contribution is 8.00. The largest absolute Gasteiger partial charge is 0.446 e. The number of aromatic nitrogens is 4. The highest BCUT2D eigenvalue weighted by atomic mass is 32.2. The van der Waals surface area contributed by atoms with Crippen molar-refractivity contribution in [3.05, 3.63) is 53.8 Å². The van der Waals surface area contributed by atoms with Gasteiger partial charge in [-0.3, -0.25) is 4.79 Å². The zero-order valence-electron chi connectivity index (χ0n) is 15.1. The number of halogens is 4. The van der Waals surface area contributed by atoms with Crippen molar-refractivity contribution >= 4 is 23.4 Å². The fourth-order valence-electron chi connectivity index (χ4n) is 2.68. The van der Waals surface area contributed by atoms with Crippen LogP contribution in [-0.4, -0.2) is 32.0 Å². The van der Waals surface area contributed by atoms with Gasteiger partial charge in [0.1, 0.15) is 5.82 Å². The van der Waals surface area contributed by atoms with Crippen molar-refractivity contribution in [3.8, 4) is 11.4 Å². The van der Waals surface area contributed by atoms with Gasteiger partial charge in [-0.05, 0) is 52.9 Å². The highest BCUT2D eigenvalue weighted by Gasteiger charge is 2.29. The summed E-state index contributed by atoms with van der Waals surface area (Å²) >= 11 is -0.235. The van der Waals surface area contributed by atoms with Gasteiger partial charge in [0.2, 0.25) is 11.7 Å². The number of carbonyl (C=O) groups is 1. The number of aromatic amines is 1. The van der Waals surface area contributed by atoms with E-state index in [9.17, 15) is 22.4 Å². The highest BCUT2D eigenvalue weighted by Crippen LogP contribution is 2.37. The minimum atomic E-state index is -4.42. The van der Waals surface area contributed by atoms with Crippen molar-refractivity contribution in [1.29, 1.82) is 0 Å². The first kappa shape index (κ1) is 20.8. The third-order valence-electron chi connectivity index (χ3n) is 3.87. The van der Waals surface area contributed by atoms with E-state index in [4.69, 9.17) is 0 Å². The minimum Gasteiger partial charge on any atom is -0.308 e. The average molecular weight is 425 g/mol. The summed E-state index contributed by atoms with van der Waals surface area (Å²) in [6.07, 6.45) is 0.130. The lowest BCUT2D eigenvalue weighted by Gasteiger charge is -2.23. The summed E-state index contributed by atoms with van der Waals surface area (Å²) in [5.41, 5.74) is -3.39. The topological polar surface area (TPSA) is 74.8 Å². The lowest BCUT2D eigenvalue weighted by atomic mass is 10.1. The Morgan fingerprint density at radius 2 is 2.00 bits per heavy atom. The molecule has 0 aliphatic carbocycles. The molecule has 0 saturated carbocycles. The maximum absolute atomic E-state index is 14.2. The van der Waals surface area contributed by atoms with Crippen LogP contribution in [0.1, 0.15) is 18.9 Å². The Hall–Kier alpha value is -2.95. The number of H-pyrrole nitrogens is 1. The molecule has 1 amide bonds. The van der Waals surface area contributed by atoms with Crippen LogP contribution in [0.2, 0.25) is 0 Å². The number of hydrogen-bond donors (Lipinski definition) is 1. The van der Waals surface area contributed by atoms with E-state index < -0.39 is 11.3 Å². The number of nitrogens with one attached hydrogen (secondary N) is 1. The van der Waals surface area contributed by atoms with E-state index in [0.29, 0.717) is 11.1 Å². The third kappa shape index (κ3) is 5.53. The predicted molar refractivity (Wildman–Crippen MR) is 99.4 cm³/mol. The molecule has 0 atom stereocenters. The summed E-state index contributed by atoms with van der Waals surface area (Å²) in [6, 6.07) is 9.67.